The average Bonchev–Trinajstić information content (AvgIpc) is 2.65. The monoisotopic (exact) mass is 395 g/mol. The van der Waals surface area contributed by atoms with Crippen LogP contribution in [0.4, 0.5) is 11.5 Å². The van der Waals surface area contributed by atoms with Crippen LogP contribution < -0.4 is 15.0 Å². The molecule has 0 spiro atoms. The summed E-state index contributed by atoms with van der Waals surface area (Å²) >= 11 is 12.0. The molecule has 0 unspecified atom stereocenters. The SMILES string of the molecule is COc1ncc(Cl)c(N2CCN(CC(=O)Nc3ccc(Cl)cc3)CC2)n1. The third-order valence-corrected chi connectivity index (χ3v) is 4.57. The van der Waals surface area contributed by atoms with Gasteiger partial charge in [-0.1, -0.05) is 23.2 Å². The van der Waals surface area contributed by atoms with Crippen molar-refractivity contribution in [2.75, 3.05) is 50.1 Å². The first-order chi connectivity index (χ1) is 12.5. The minimum Gasteiger partial charge on any atom is -0.467 e. The van der Waals surface area contributed by atoms with Gasteiger partial charge in [0.2, 0.25) is 5.91 Å². The summed E-state index contributed by atoms with van der Waals surface area (Å²) in [6, 6.07) is 7.34. The zero-order chi connectivity index (χ0) is 18.5. The number of rotatable bonds is 5. The molecule has 26 heavy (non-hydrogen) atoms. The predicted molar refractivity (Wildman–Crippen MR) is 102 cm³/mol. The highest BCUT2D eigenvalue weighted by molar-refractivity contribution is 6.32. The van der Waals surface area contributed by atoms with Crippen LogP contribution in [0.15, 0.2) is 30.5 Å². The summed E-state index contributed by atoms with van der Waals surface area (Å²) in [6.45, 7) is 3.23. The second-order valence-corrected chi connectivity index (χ2v) is 6.69. The van der Waals surface area contributed by atoms with E-state index in [1.807, 2.05) is 0 Å². The Labute approximate surface area is 161 Å². The van der Waals surface area contributed by atoms with Crippen molar-refractivity contribution in [2.24, 2.45) is 0 Å². The first-order valence-corrected chi connectivity index (χ1v) is 8.90. The smallest absolute Gasteiger partial charge is 0.318 e. The maximum atomic E-state index is 12.2. The highest BCUT2D eigenvalue weighted by Crippen LogP contribution is 2.25. The van der Waals surface area contributed by atoms with Crippen LogP contribution in [-0.2, 0) is 4.79 Å². The number of nitrogens with one attached hydrogen (secondary N) is 1. The lowest BCUT2D eigenvalue weighted by Gasteiger charge is -2.35. The molecule has 0 saturated carbocycles. The first-order valence-electron chi connectivity index (χ1n) is 8.14. The van der Waals surface area contributed by atoms with Gasteiger partial charge in [-0.2, -0.15) is 4.98 Å². The molecule has 7 nitrogen and oxygen atoms in total. The Hall–Kier alpha value is -2.09. The molecule has 2 aromatic rings. The van der Waals surface area contributed by atoms with Crippen molar-refractivity contribution in [3.8, 4) is 6.01 Å². The van der Waals surface area contributed by atoms with Gasteiger partial charge in [0.05, 0.1) is 19.9 Å². The van der Waals surface area contributed by atoms with Gasteiger partial charge in [0.15, 0.2) is 5.82 Å². The Morgan fingerprint density at radius 2 is 1.88 bits per heavy atom. The summed E-state index contributed by atoms with van der Waals surface area (Å²) in [5, 5.41) is 4.00. The number of anilines is 2. The molecule has 1 fully saturated rings. The fourth-order valence-electron chi connectivity index (χ4n) is 2.72. The molecule has 0 radical (unpaired) electrons. The number of nitrogens with zero attached hydrogens (tertiary/aromatic N) is 4. The summed E-state index contributed by atoms with van der Waals surface area (Å²) in [5.74, 6) is 0.603. The summed E-state index contributed by atoms with van der Waals surface area (Å²) < 4.78 is 5.06. The summed E-state index contributed by atoms with van der Waals surface area (Å²) in [5.41, 5.74) is 0.734. The molecule has 1 N–H and O–H groups in total. The van der Waals surface area contributed by atoms with E-state index < -0.39 is 0 Å². The standard InChI is InChI=1S/C17H19Cl2N5O2/c1-26-17-20-10-14(19)16(22-17)24-8-6-23(7-9-24)11-15(25)21-13-4-2-12(18)3-5-13/h2-5,10H,6-9,11H2,1H3,(H,21,25). The van der Waals surface area contributed by atoms with Crippen LogP contribution >= 0.6 is 23.2 Å². The van der Waals surface area contributed by atoms with E-state index >= 15 is 0 Å². The minimum absolute atomic E-state index is 0.0532. The van der Waals surface area contributed by atoms with Gasteiger partial charge < -0.3 is 15.0 Å². The second-order valence-electron chi connectivity index (χ2n) is 5.85. The third kappa shape index (κ3) is 4.75. The van der Waals surface area contributed by atoms with Crippen molar-refractivity contribution in [1.82, 2.24) is 14.9 Å². The number of ether oxygens (including phenoxy) is 1. The number of hydrogen-bond donors (Lipinski definition) is 1. The van der Waals surface area contributed by atoms with Gasteiger partial charge in [-0.15, -0.1) is 0 Å². The third-order valence-electron chi connectivity index (χ3n) is 4.05. The zero-order valence-electron chi connectivity index (χ0n) is 14.3. The Morgan fingerprint density at radius 1 is 1.19 bits per heavy atom. The van der Waals surface area contributed by atoms with Gasteiger partial charge in [0, 0.05) is 36.9 Å². The summed E-state index contributed by atoms with van der Waals surface area (Å²) in [6.07, 6.45) is 1.54. The van der Waals surface area contributed by atoms with Crippen LogP contribution in [0.5, 0.6) is 6.01 Å². The Bertz CT molecular complexity index is 764. The van der Waals surface area contributed by atoms with Gasteiger partial charge in [-0.3, -0.25) is 9.69 Å². The van der Waals surface area contributed by atoms with E-state index in [0.29, 0.717) is 35.5 Å². The number of piperazine rings is 1. The molecule has 3 rings (SSSR count). The molecule has 1 saturated heterocycles. The highest BCUT2D eigenvalue weighted by Gasteiger charge is 2.22. The summed E-state index contributed by atoms with van der Waals surface area (Å²) in [4.78, 5) is 24.7. The van der Waals surface area contributed by atoms with E-state index in [2.05, 4.69) is 25.1 Å². The van der Waals surface area contributed by atoms with Gasteiger partial charge in [0.25, 0.3) is 0 Å². The molecular weight excluding hydrogens is 377 g/mol. The van der Waals surface area contributed by atoms with Gasteiger partial charge in [-0.25, -0.2) is 4.98 Å². The Balaban J connectivity index is 1.52. The lowest BCUT2D eigenvalue weighted by Crippen LogP contribution is -2.49. The average molecular weight is 396 g/mol. The molecule has 1 amide bonds. The Kier molecular flexibility index (Phi) is 6.13. The molecule has 1 aromatic heterocycles. The second kappa shape index (κ2) is 8.53. The van der Waals surface area contributed by atoms with Crippen LogP contribution in [0.1, 0.15) is 0 Å². The van der Waals surface area contributed by atoms with Crippen molar-refractivity contribution in [1.29, 1.82) is 0 Å². The molecule has 9 heteroatoms. The van der Waals surface area contributed by atoms with Crippen LogP contribution in [0.2, 0.25) is 10.0 Å². The van der Waals surface area contributed by atoms with E-state index in [0.717, 1.165) is 18.8 Å². The lowest BCUT2D eigenvalue weighted by molar-refractivity contribution is -0.117. The molecule has 0 aliphatic carbocycles. The van der Waals surface area contributed by atoms with E-state index in [1.165, 1.54) is 13.3 Å². The number of methoxy groups -OCH3 is 1. The quantitative estimate of drug-likeness (QED) is 0.838. The van der Waals surface area contributed by atoms with Crippen LogP contribution in [0.3, 0.4) is 0 Å². The first kappa shape index (κ1) is 18.7. The highest BCUT2D eigenvalue weighted by atomic mass is 35.5. The molecule has 1 aliphatic heterocycles. The fraction of sp³-hybridized carbons (Fsp3) is 0.353. The number of benzene rings is 1. The number of carbonyl (C=O) groups is 1. The van der Waals surface area contributed by atoms with Gasteiger partial charge in [0.1, 0.15) is 5.02 Å². The van der Waals surface area contributed by atoms with E-state index in [1.54, 1.807) is 24.3 Å². The number of hydrogen-bond acceptors (Lipinski definition) is 6. The zero-order valence-corrected chi connectivity index (χ0v) is 15.8. The number of aromatic nitrogens is 2. The topological polar surface area (TPSA) is 70.6 Å². The van der Waals surface area contributed by atoms with Crippen LogP contribution in [0.25, 0.3) is 0 Å². The molecule has 1 aromatic carbocycles. The van der Waals surface area contributed by atoms with E-state index in [9.17, 15) is 4.79 Å². The predicted octanol–water partition coefficient (Wildman–Crippen LogP) is 2.55. The molecular formula is C17H19Cl2N5O2. The van der Waals surface area contributed by atoms with Crippen molar-refractivity contribution < 1.29 is 9.53 Å². The molecule has 0 atom stereocenters. The van der Waals surface area contributed by atoms with Crippen molar-refractivity contribution >= 4 is 40.6 Å². The van der Waals surface area contributed by atoms with Crippen molar-refractivity contribution in [3.63, 3.8) is 0 Å². The maximum Gasteiger partial charge on any atom is 0.318 e. The molecule has 1 aliphatic rings. The van der Waals surface area contributed by atoms with E-state index in [-0.39, 0.29) is 11.9 Å². The molecule has 0 bridgehead atoms. The van der Waals surface area contributed by atoms with Crippen molar-refractivity contribution in [3.05, 3.63) is 40.5 Å². The molecule has 138 valence electrons. The Morgan fingerprint density at radius 3 is 2.54 bits per heavy atom. The minimum atomic E-state index is -0.0532. The lowest BCUT2D eigenvalue weighted by atomic mass is 10.3. The number of halogens is 2. The fourth-order valence-corrected chi connectivity index (χ4v) is 3.05. The number of amides is 1. The number of carbonyl (C=O) groups excluding carboxylic acids is 1. The summed E-state index contributed by atoms with van der Waals surface area (Å²) in [7, 11) is 1.52. The molecule has 2 heterocycles. The van der Waals surface area contributed by atoms with Gasteiger partial charge >= 0.3 is 6.01 Å². The van der Waals surface area contributed by atoms with Crippen LogP contribution in [0, 0.1) is 0 Å². The van der Waals surface area contributed by atoms with E-state index in [4.69, 9.17) is 27.9 Å². The van der Waals surface area contributed by atoms with Crippen molar-refractivity contribution in [2.45, 2.75) is 0 Å². The van der Waals surface area contributed by atoms with Gasteiger partial charge in [-0.05, 0) is 24.3 Å². The largest absolute Gasteiger partial charge is 0.467 e. The maximum absolute atomic E-state index is 12.2. The van der Waals surface area contributed by atoms with Crippen LogP contribution in [-0.4, -0.2) is 60.6 Å². The normalized spacial score (nSPS) is 15.0.